The molecule has 1 aliphatic rings. The topological polar surface area (TPSA) is 92.4 Å². The van der Waals surface area contributed by atoms with Gasteiger partial charge in [0.15, 0.2) is 0 Å². The highest BCUT2D eigenvalue weighted by molar-refractivity contribution is 5.58. The molecular formula is C27H31F3N6O2. The second kappa shape index (κ2) is 8.81. The van der Waals surface area contributed by atoms with Crippen molar-refractivity contribution in [2.24, 2.45) is 18.2 Å². The van der Waals surface area contributed by atoms with Crippen molar-refractivity contribution in [2.45, 2.75) is 57.3 Å². The third-order valence-electron chi connectivity index (χ3n) is 7.69. The Hall–Kier alpha value is -3.44. The van der Waals surface area contributed by atoms with Gasteiger partial charge in [-0.2, -0.15) is 13.2 Å². The van der Waals surface area contributed by atoms with Crippen molar-refractivity contribution in [2.75, 3.05) is 7.11 Å². The zero-order chi connectivity index (χ0) is 27.6. The number of fused-ring (bicyclic) bond motifs is 1. The molecule has 0 spiro atoms. The maximum atomic E-state index is 14.1. The summed E-state index contributed by atoms with van der Waals surface area (Å²) in [7, 11) is 3.52. The van der Waals surface area contributed by atoms with Crippen LogP contribution in [-0.2, 0) is 23.4 Å². The number of alkyl halides is 3. The molecule has 0 aliphatic heterocycles. The number of hydrogen-bond acceptors (Lipinski definition) is 5. The molecule has 2 N–H and O–H groups in total. The summed E-state index contributed by atoms with van der Waals surface area (Å²) in [4.78, 5) is 13.5. The number of nitrogens with two attached hydrogens (primary N) is 1. The fraction of sp³-hybridized carbons (Fsp3) is 0.444. The van der Waals surface area contributed by atoms with E-state index in [1.54, 1.807) is 25.6 Å². The molecule has 3 heterocycles. The molecule has 1 atom stereocenters. The van der Waals surface area contributed by atoms with Gasteiger partial charge in [0.1, 0.15) is 12.2 Å². The largest absolute Gasteiger partial charge is 0.418 e. The summed E-state index contributed by atoms with van der Waals surface area (Å²) in [5.41, 5.74) is 5.14. The smallest absolute Gasteiger partial charge is 0.381 e. The van der Waals surface area contributed by atoms with Gasteiger partial charge in [0.2, 0.25) is 0 Å². The van der Waals surface area contributed by atoms with Crippen LogP contribution in [0.2, 0.25) is 0 Å². The number of imidazole rings is 1. The van der Waals surface area contributed by atoms with Gasteiger partial charge >= 0.3 is 11.9 Å². The van der Waals surface area contributed by atoms with E-state index in [0.717, 1.165) is 21.9 Å². The van der Waals surface area contributed by atoms with Crippen molar-refractivity contribution in [3.05, 3.63) is 82.1 Å². The molecule has 1 fully saturated rings. The molecule has 0 saturated heterocycles. The summed E-state index contributed by atoms with van der Waals surface area (Å²) in [5, 5.41) is 8.38. The summed E-state index contributed by atoms with van der Waals surface area (Å²) in [6.45, 7) is 5.53. The minimum atomic E-state index is -4.67. The molecule has 4 aromatic rings. The number of pyridine rings is 1. The van der Waals surface area contributed by atoms with Crippen molar-refractivity contribution in [1.29, 1.82) is 0 Å². The SMILES string of the molecule is COC1CC(c2cccc(-n3cc4c(C(F)(F)F)cc([C@@H](N)C(C)(C)C)cn4c3=O)c2)(c2nncn2C)C1. The Morgan fingerprint density at radius 2 is 1.87 bits per heavy atom. The Balaban J connectivity index is 1.67. The normalized spacial score (nSPS) is 21.0. The van der Waals surface area contributed by atoms with Crippen molar-refractivity contribution < 1.29 is 17.9 Å². The van der Waals surface area contributed by atoms with E-state index >= 15 is 0 Å². The first-order chi connectivity index (χ1) is 17.8. The van der Waals surface area contributed by atoms with Crippen LogP contribution in [0.15, 0.2) is 53.8 Å². The lowest BCUT2D eigenvalue weighted by Crippen LogP contribution is -2.48. The molecule has 1 saturated carbocycles. The highest BCUT2D eigenvalue weighted by Gasteiger charge is 2.50. The van der Waals surface area contributed by atoms with Crippen molar-refractivity contribution in [3.63, 3.8) is 0 Å². The minimum absolute atomic E-state index is 0.0370. The Morgan fingerprint density at radius 3 is 2.45 bits per heavy atom. The third kappa shape index (κ3) is 4.14. The molecule has 1 aliphatic carbocycles. The summed E-state index contributed by atoms with van der Waals surface area (Å²) >= 11 is 0. The van der Waals surface area contributed by atoms with E-state index in [0.29, 0.717) is 18.5 Å². The van der Waals surface area contributed by atoms with Crippen LogP contribution in [0.3, 0.4) is 0 Å². The Labute approximate surface area is 217 Å². The van der Waals surface area contributed by atoms with Crippen LogP contribution < -0.4 is 11.4 Å². The number of ether oxygens (including phenoxy) is 1. The van der Waals surface area contributed by atoms with Gasteiger partial charge in [-0.1, -0.05) is 32.9 Å². The highest BCUT2D eigenvalue weighted by Crippen LogP contribution is 2.49. The minimum Gasteiger partial charge on any atom is -0.381 e. The number of methoxy groups -OCH3 is 1. The van der Waals surface area contributed by atoms with Crippen LogP contribution in [0.4, 0.5) is 13.2 Å². The van der Waals surface area contributed by atoms with Crippen LogP contribution >= 0.6 is 0 Å². The fourth-order valence-corrected chi connectivity index (χ4v) is 5.39. The monoisotopic (exact) mass is 528 g/mol. The lowest BCUT2D eigenvalue weighted by Gasteiger charge is -2.46. The maximum Gasteiger partial charge on any atom is 0.418 e. The lowest BCUT2D eigenvalue weighted by molar-refractivity contribution is -0.136. The van der Waals surface area contributed by atoms with Crippen LogP contribution in [0.25, 0.3) is 11.2 Å². The number of aromatic nitrogens is 5. The zero-order valence-corrected chi connectivity index (χ0v) is 22.0. The average molecular weight is 529 g/mol. The van der Waals surface area contributed by atoms with Gasteiger partial charge < -0.3 is 15.0 Å². The fourth-order valence-electron chi connectivity index (χ4n) is 5.39. The number of benzene rings is 1. The molecule has 202 valence electrons. The number of hydrogen-bond donors (Lipinski definition) is 1. The predicted molar refractivity (Wildman–Crippen MR) is 136 cm³/mol. The van der Waals surface area contributed by atoms with Crippen molar-refractivity contribution in [3.8, 4) is 5.69 Å². The molecule has 1 aromatic carbocycles. The average Bonchev–Trinajstić information content (AvgIpc) is 3.40. The van der Waals surface area contributed by atoms with Gasteiger partial charge in [-0.15, -0.1) is 10.2 Å². The first kappa shape index (κ1) is 26.2. The predicted octanol–water partition coefficient (Wildman–Crippen LogP) is 4.38. The van der Waals surface area contributed by atoms with E-state index in [4.69, 9.17) is 10.5 Å². The van der Waals surface area contributed by atoms with Crippen molar-refractivity contribution >= 4 is 5.52 Å². The van der Waals surface area contributed by atoms with E-state index in [-0.39, 0.29) is 17.2 Å². The number of nitrogens with zero attached hydrogens (tertiary/aromatic N) is 5. The molecule has 0 amide bonds. The standard InChI is InChI=1S/C27H31F3N6O2/c1-25(2,3)22(31)16-9-20(27(28,29)30)21-14-35(24(37)36(21)13-16)18-8-6-7-17(10-18)26(11-19(12-26)38-5)23-33-32-15-34(23)4/h6-10,13-15,19,22H,11-12,31H2,1-5H3/t19?,22-,26?/m1/s1. The Kier molecular flexibility index (Phi) is 6.07. The second-order valence-electron chi connectivity index (χ2n) is 11.2. The van der Waals surface area contributed by atoms with Gasteiger partial charge in [0, 0.05) is 32.6 Å². The van der Waals surface area contributed by atoms with E-state index in [2.05, 4.69) is 10.2 Å². The second-order valence-corrected chi connectivity index (χ2v) is 11.2. The van der Waals surface area contributed by atoms with Gasteiger partial charge in [0.25, 0.3) is 0 Å². The third-order valence-corrected chi connectivity index (χ3v) is 7.69. The van der Waals surface area contributed by atoms with E-state index in [9.17, 15) is 18.0 Å². The first-order valence-corrected chi connectivity index (χ1v) is 12.3. The molecular weight excluding hydrogens is 497 g/mol. The Bertz CT molecular complexity index is 1550. The Morgan fingerprint density at radius 1 is 1.16 bits per heavy atom. The molecule has 0 bridgehead atoms. The summed E-state index contributed by atoms with van der Waals surface area (Å²) in [6.07, 6.45) is 0.982. The summed E-state index contributed by atoms with van der Waals surface area (Å²) in [6, 6.07) is 7.61. The summed E-state index contributed by atoms with van der Waals surface area (Å²) in [5.74, 6) is 0.762. The molecule has 11 heteroatoms. The van der Waals surface area contributed by atoms with Crippen LogP contribution in [0, 0.1) is 5.41 Å². The molecule has 5 rings (SSSR count). The highest BCUT2D eigenvalue weighted by atomic mass is 19.4. The number of halogens is 3. The quantitative estimate of drug-likeness (QED) is 0.415. The summed E-state index contributed by atoms with van der Waals surface area (Å²) < 4.78 is 52.1. The van der Waals surface area contributed by atoms with E-state index < -0.39 is 34.3 Å². The van der Waals surface area contributed by atoms with E-state index in [1.165, 1.54) is 17.0 Å². The van der Waals surface area contributed by atoms with Crippen molar-refractivity contribution in [1.82, 2.24) is 23.7 Å². The molecule has 3 aromatic heterocycles. The molecule has 8 nitrogen and oxygen atoms in total. The number of rotatable bonds is 5. The van der Waals surface area contributed by atoms with Crippen LogP contribution in [-0.4, -0.2) is 36.9 Å². The van der Waals surface area contributed by atoms with Gasteiger partial charge in [-0.05, 0) is 47.6 Å². The van der Waals surface area contributed by atoms with Crippen LogP contribution in [0.1, 0.15) is 62.2 Å². The number of aryl methyl sites for hydroxylation is 1. The molecule has 38 heavy (non-hydrogen) atoms. The molecule has 0 unspecified atom stereocenters. The molecule has 0 radical (unpaired) electrons. The van der Waals surface area contributed by atoms with Gasteiger partial charge in [-0.3, -0.25) is 8.97 Å². The van der Waals surface area contributed by atoms with E-state index in [1.807, 2.05) is 44.5 Å². The maximum absolute atomic E-state index is 14.1. The lowest BCUT2D eigenvalue weighted by atomic mass is 9.62. The van der Waals surface area contributed by atoms with Gasteiger partial charge in [-0.25, -0.2) is 4.79 Å². The van der Waals surface area contributed by atoms with Crippen LogP contribution in [0.5, 0.6) is 0 Å². The zero-order valence-electron chi connectivity index (χ0n) is 22.0. The van der Waals surface area contributed by atoms with Gasteiger partial charge in [0.05, 0.1) is 28.3 Å². The first-order valence-electron chi connectivity index (χ1n) is 12.3.